The number of hydrogen-bond donors (Lipinski definition) is 3. The molecule has 34 heavy (non-hydrogen) atoms. The Kier molecular flexibility index (Phi) is 6.08. The largest absolute Gasteiger partial charge is 0.506 e. The van der Waals surface area contributed by atoms with Gasteiger partial charge in [-0.2, -0.15) is 0 Å². The van der Waals surface area contributed by atoms with Gasteiger partial charge in [-0.3, -0.25) is 9.59 Å². The first kappa shape index (κ1) is 23.0. The molecule has 1 amide bonds. The highest BCUT2D eigenvalue weighted by Crippen LogP contribution is 2.32. The van der Waals surface area contributed by atoms with Crippen molar-refractivity contribution in [2.75, 3.05) is 7.11 Å². The molecule has 0 saturated carbocycles. The van der Waals surface area contributed by atoms with E-state index >= 15 is 0 Å². The zero-order valence-electron chi connectivity index (χ0n) is 17.8. The van der Waals surface area contributed by atoms with Gasteiger partial charge in [-0.15, -0.1) is 0 Å². The molecule has 3 aromatic carbocycles. The second-order valence-corrected chi connectivity index (χ2v) is 9.27. The molecule has 8 nitrogen and oxygen atoms in total. The number of aromatic amines is 1. The van der Waals surface area contributed by atoms with Gasteiger partial charge in [0.05, 0.1) is 17.5 Å². The van der Waals surface area contributed by atoms with E-state index in [0.717, 1.165) is 0 Å². The topological polar surface area (TPSA) is 126 Å². The Labute approximate surface area is 193 Å². The summed E-state index contributed by atoms with van der Waals surface area (Å²) in [6.07, 6.45) is 0. The monoisotopic (exact) mass is 482 g/mol. The lowest BCUT2D eigenvalue weighted by Crippen LogP contribution is -2.23. The van der Waals surface area contributed by atoms with E-state index in [9.17, 15) is 27.5 Å². The van der Waals surface area contributed by atoms with Crippen LogP contribution in [0.1, 0.15) is 15.9 Å². The third kappa shape index (κ3) is 4.35. The molecule has 0 saturated heterocycles. The van der Waals surface area contributed by atoms with Crippen LogP contribution in [-0.2, 0) is 16.4 Å². The molecule has 0 aliphatic heterocycles. The molecule has 174 valence electrons. The van der Waals surface area contributed by atoms with Crippen LogP contribution in [0.3, 0.4) is 0 Å². The van der Waals surface area contributed by atoms with Crippen molar-refractivity contribution in [3.8, 4) is 11.5 Å². The second kappa shape index (κ2) is 8.99. The van der Waals surface area contributed by atoms with Crippen LogP contribution in [0, 0.1) is 5.82 Å². The number of aromatic hydroxyl groups is 1. The van der Waals surface area contributed by atoms with Gasteiger partial charge in [0.25, 0.3) is 11.5 Å². The van der Waals surface area contributed by atoms with Crippen LogP contribution in [0.2, 0.25) is 0 Å². The number of benzene rings is 3. The normalized spacial score (nSPS) is 11.4. The summed E-state index contributed by atoms with van der Waals surface area (Å²) in [6, 6.07) is 15.1. The highest BCUT2D eigenvalue weighted by Gasteiger charge is 2.27. The SMILES string of the molecule is COc1ccc(S(=O)(=O)c2c(O)c3ccc(C(=O)NCc4ccc(F)cc4)cc3[nH]c2=O)cc1. The van der Waals surface area contributed by atoms with Gasteiger partial charge in [-0.05, 0) is 60.2 Å². The average molecular weight is 482 g/mol. The summed E-state index contributed by atoms with van der Waals surface area (Å²) >= 11 is 0. The van der Waals surface area contributed by atoms with Crippen LogP contribution >= 0.6 is 0 Å². The molecule has 0 radical (unpaired) electrons. The Bertz CT molecular complexity index is 1550. The lowest BCUT2D eigenvalue weighted by atomic mass is 10.1. The number of sulfone groups is 1. The highest BCUT2D eigenvalue weighted by atomic mass is 32.2. The van der Waals surface area contributed by atoms with Gasteiger partial charge >= 0.3 is 0 Å². The number of pyridine rings is 1. The number of carbonyl (C=O) groups excluding carboxylic acids is 1. The number of fused-ring (bicyclic) bond motifs is 1. The Hall–Kier alpha value is -4.18. The van der Waals surface area contributed by atoms with E-state index < -0.39 is 31.9 Å². The number of amides is 1. The molecule has 0 atom stereocenters. The lowest BCUT2D eigenvalue weighted by Gasteiger charge is -2.11. The van der Waals surface area contributed by atoms with E-state index in [0.29, 0.717) is 11.3 Å². The number of carbonyl (C=O) groups is 1. The first-order valence-corrected chi connectivity index (χ1v) is 11.5. The van der Waals surface area contributed by atoms with Gasteiger partial charge in [0.2, 0.25) is 9.84 Å². The molecule has 0 bridgehead atoms. The summed E-state index contributed by atoms with van der Waals surface area (Å²) in [7, 11) is -2.91. The van der Waals surface area contributed by atoms with Gasteiger partial charge < -0.3 is 20.1 Å². The maximum absolute atomic E-state index is 13.0. The van der Waals surface area contributed by atoms with Crippen molar-refractivity contribution in [1.82, 2.24) is 10.3 Å². The maximum Gasteiger partial charge on any atom is 0.271 e. The van der Waals surface area contributed by atoms with Crippen LogP contribution < -0.4 is 15.6 Å². The van der Waals surface area contributed by atoms with Gasteiger partial charge in [0.15, 0.2) is 4.90 Å². The quantitative estimate of drug-likeness (QED) is 0.388. The van der Waals surface area contributed by atoms with Crippen molar-refractivity contribution in [2.45, 2.75) is 16.3 Å². The molecule has 1 aromatic heterocycles. The van der Waals surface area contributed by atoms with Crippen molar-refractivity contribution in [3.05, 3.63) is 94.0 Å². The van der Waals surface area contributed by atoms with Crippen LogP contribution in [0.15, 0.2) is 81.3 Å². The van der Waals surface area contributed by atoms with Crippen LogP contribution in [-0.4, -0.2) is 31.5 Å². The summed E-state index contributed by atoms with van der Waals surface area (Å²) < 4.78 is 44.1. The van der Waals surface area contributed by atoms with E-state index in [4.69, 9.17) is 4.74 Å². The number of halogens is 1. The fourth-order valence-corrected chi connectivity index (χ4v) is 4.80. The van der Waals surface area contributed by atoms with Crippen molar-refractivity contribution < 1.29 is 27.4 Å². The van der Waals surface area contributed by atoms with Crippen molar-refractivity contribution in [2.24, 2.45) is 0 Å². The molecule has 0 fully saturated rings. The summed E-state index contributed by atoms with van der Waals surface area (Å²) in [5.41, 5.74) is -0.0688. The van der Waals surface area contributed by atoms with Crippen LogP contribution in [0.5, 0.6) is 11.5 Å². The summed E-state index contributed by atoms with van der Waals surface area (Å²) in [6.45, 7) is 0.151. The lowest BCUT2D eigenvalue weighted by molar-refractivity contribution is 0.0951. The summed E-state index contributed by atoms with van der Waals surface area (Å²) in [4.78, 5) is 26.6. The molecule has 1 heterocycles. The predicted octanol–water partition coefficient (Wildman–Crippen LogP) is 3.14. The third-order valence-corrected chi connectivity index (χ3v) is 7.02. The fraction of sp³-hybridized carbons (Fsp3) is 0.0833. The molecule has 0 spiro atoms. The minimum absolute atomic E-state index is 0.0572. The van der Waals surface area contributed by atoms with E-state index in [-0.39, 0.29) is 33.7 Å². The van der Waals surface area contributed by atoms with Gasteiger partial charge in [-0.1, -0.05) is 12.1 Å². The molecule has 0 aliphatic carbocycles. The van der Waals surface area contributed by atoms with E-state index in [1.807, 2.05) is 0 Å². The predicted molar refractivity (Wildman–Crippen MR) is 122 cm³/mol. The molecule has 4 rings (SSSR count). The molecule has 0 unspecified atom stereocenters. The molecular weight excluding hydrogens is 463 g/mol. The highest BCUT2D eigenvalue weighted by molar-refractivity contribution is 7.91. The first-order chi connectivity index (χ1) is 16.2. The Balaban J connectivity index is 1.66. The molecular formula is C24H19FN2O6S. The standard InChI is InChI=1S/C24H19FN2O6S/c1-33-17-7-9-18(10-8-17)34(31,32)22-21(28)19-11-4-15(12-20(19)27-24(22)30)23(29)26-13-14-2-5-16(25)6-3-14/h2-12H,13H2,1H3,(H,26,29)(H2,27,28,30). The number of aromatic nitrogens is 1. The number of methoxy groups -OCH3 is 1. The molecule has 0 aliphatic rings. The third-order valence-electron chi connectivity index (χ3n) is 5.21. The molecule has 3 N–H and O–H groups in total. The Morgan fingerprint density at radius 3 is 2.38 bits per heavy atom. The number of nitrogens with one attached hydrogen (secondary N) is 2. The summed E-state index contributed by atoms with van der Waals surface area (Å²) in [5.74, 6) is -1.14. The fourth-order valence-electron chi connectivity index (χ4n) is 3.41. The Morgan fingerprint density at radius 1 is 1.06 bits per heavy atom. The van der Waals surface area contributed by atoms with Crippen molar-refractivity contribution in [3.63, 3.8) is 0 Å². The van der Waals surface area contributed by atoms with Crippen LogP contribution in [0.25, 0.3) is 10.9 Å². The summed E-state index contributed by atoms with van der Waals surface area (Å²) in [5, 5.41) is 13.4. The van der Waals surface area contributed by atoms with Gasteiger partial charge in [0.1, 0.15) is 17.3 Å². The smallest absolute Gasteiger partial charge is 0.271 e. The number of ether oxygens (including phenoxy) is 1. The Morgan fingerprint density at radius 2 is 1.74 bits per heavy atom. The van der Waals surface area contributed by atoms with E-state index in [2.05, 4.69) is 10.3 Å². The molecule has 10 heteroatoms. The number of H-pyrrole nitrogens is 1. The van der Waals surface area contributed by atoms with Gasteiger partial charge in [-0.25, -0.2) is 12.8 Å². The van der Waals surface area contributed by atoms with E-state index in [1.54, 1.807) is 0 Å². The van der Waals surface area contributed by atoms with Crippen molar-refractivity contribution >= 4 is 26.6 Å². The maximum atomic E-state index is 13.0. The number of hydrogen-bond acceptors (Lipinski definition) is 6. The van der Waals surface area contributed by atoms with Gasteiger partial charge in [0, 0.05) is 17.5 Å². The minimum Gasteiger partial charge on any atom is -0.506 e. The first-order valence-electron chi connectivity index (χ1n) is 10.0. The second-order valence-electron chi connectivity index (χ2n) is 7.38. The number of rotatable bonds is 6. The molecule has 4 aromatic rings. The van der Waals surface area contributed by atoms with E-state index in [1.165, 1.54) is 73.8 Å². The zero-order chi connectivity index (χ0) is 24.5. The zero-order valence-corrected chi connectivity index (χ0v) is 18.6. The van der Waals surface area contributed by atoms with Crippen LogP contribution in [0.4, 0.5) is 4.39 Å². The van der Waals surface area contributed by atoms with Crippen molar-refractivity contribution in [1.29, 1.82) is 0 Å². The minimum atomic E-state index is -4.34. The average Bonchev–Trinajstić information content (AvgIpc) is 2.83.